The van der Waals surface area contributed by atoms with Gasteiger partial charge in [-0.25, -0.2) is 8.42 Å². The van der Waals surface area contributed by atoms with E-state index in [9.17, 15) is 18.0 Å². The van der Waals surface area contributed by atoms with E-state index in [0.29, 0.717) is 12.4 Å². The number of nitrogens with zero attached hydrogens (tertiary/aromatic N) is 2. The molecular weight excluding hydrogens is 442 g/mol. The van der Waals surface area contributed by atoms with Crippen LogP contribution in [0.3, 0.4) is 0 Å². The van der Waals surface area contributed by atoms with E-state index in [-0.39, 0.29) is 26.2 Å². The molecule has 1 heterocycles. The maximum atomic E-state index is 13.4. The number of aryl methyl sites for hydroxylation is 1. The number of piperazine rings is 1. The zero-order valence-electron chi connectivity index (χ0n) is 19.5. The number of carbonyl (C=O) groups is 2. The molecule has 1 atom stereocenters. The van der Waals surface area contributed by atoms with E-state index in [4.69, 9.17) is 4.74 Å². The van der Waals surface area contributed by atoms with Crippen molar-refractivity contribution in [1.82, 2.24) is 14.5 Å². The first-order valence-corrected chi connectivity index (χ1v) is 12.7. The maximum absolute atomic E-state index is 13.4. The number of amides is 2. The van der Waals surface area contributed by atoms with Gasteiger partial charge in [-0.05, 0) is 44.0 Å². The van der Waals surface area contributed by atoms with Crippen LogP contribution in [0.15, 0.2) is 48.5 Å². The molecule has 1 unspecified atom stereocenters. The molecule has 1 N–H and O–H groups in total. The molecule has 33 heavy (non-hydrogen) atoms. The quantitative estimate of drug-likeness (QED) is 0.633. The summed E-state index contributed by atoms with van der Waals surface area (Å²) >= 11 is 0. The summed E-state index contributed by atoms with van der Waals surface area (Å²) in [6.07, 6.45) is 1.05. The highest BCUT2D eigenvalue weighted by molar-refractivity contribution is 7.88. The Morgan fingerprint density at radius 1 is 1.09 bits per heavy atom. The monoisotopic (exact) mass is 473 g/mol. The van der Waals surface area contributed by atoms with Gasteiger partial charge in [0.25, 0.3) is 0 Å². The van der Waals surface area contributed by atoms with Crippen LogP contribution < -0.4 is 10.1 Å². The van der Waals surface area contributed by atoms with E-state index in [2.05, 4.69) is 5.32 Å². The third-order valence-electron chi connectivity index (χ3n) is 5.80. The van der Waals surface area contributed by atoms with Gasteiger partial charge in [-0.3, -0.25) is 9.59 Å². The van der Waals surface area contributed by atoms with E-state index >= 15 is 0 Å². The topological polar surface area (TPSA) is 96.0 Å². The van der Waals surface area contributed by atoms with Crippen molar-refractivity contribution in [2.24, 2.45) is 0 Å². The molecule has 9 heteroatoms. The van der Waals surface area contributed by atoms with Gasteiger partial charge in [0.2, 0.25) is 21.8 Å². The molecule has 0 aliphatic carbocycles. The van der Waals surface area contributed by atoms with E-state index in [1.54, 1.807) is 6.92 Å². The van der Waals surface area contributed by atoms with Crippen LogP contribution in [-0.4, -0.2) is 60.9 Å². The number of rotatable bonds is 8. The lowest BCUT2D eigenvalue weighted by molar-refractivity contribution is -0.153. The molecule has 1 aliphatic rings. The Kier molecular flexibility index (Phi) is 7.44. The Balaban J connectivity index is 1.85. The normalized spacial score (nSPS) is 19.4. The molecule has 8 nitrogen and oxygen atoms in total. The van der Waals surface area contributed by atoms with Crippen LogP contribution in [0, 0.1) is 6.92 Å². The van der Waals surface area contributed by atoms with Gasteiger partial charge in [0, 0.05) is 19.6 Å². The lowest BCUT2D eigenvalue weighted by Crippen LogP contribution is -2.69. The number of carbonyl (C=O) groups excluding carboxylic acids is 2. The highest BCUT2D eigenvalue weighted by atomic mass is 32.2. The summed E-state index contributed by atoms with van der Waals surface area (Å²) in [6, 6.07) is 15.1. The van der Waals surface area contributed by atoms with Crippen LogP contribution in [-0.2, 0) is 32.7 Å². The molecule has 1 fully saturated rings. The van der Waals surface area contributed by atoms with Gasteiger partial charge in [0.1, 0.15) is 11.3 Å². The zero-order chi connectivity index (χ0) is 24.2. The minimum atomic E-state index is -3.65. The number of sulfonamides is 1. The van der Waals surface area contributed by atoms with Gasteiger partial charge in [-0.2, -0.15) is 4.31 Å². The molecular formula is C24H31N3O5S. The van der Waals surface area contributed by atoms with Gasteiger partial charge in [-0.15, -0.1) is 0 Å². The minimum absolute atomic E-state index is 0.117. The molecule has 2 amide bonds. The standard InChI is InChI=1S/C24H31N3O5S/c1-5-32-21-12-10-20(11-13-21)15-27-22(28)16-26(33(4,30)31)17-24(27,3)23(29)25-14-19-8-6-18(2)7-9-19/h6-13H,5,14-17H2,1-4H3,(H,25,29). The molecule has 0 radical (unpaired) electrons. The fourth-order valence-electron chi connectivity index (χ4n) is 3.81. The highest BCUT2D eigenvalue weighted by Gasteiger charge is 2.49. The lowest BCUT2D eigenvalue weighted by atomic mass is 9.94. The number of nitrogens with one attached hydrogen (secondary N) is 1. The van der Waals surface area contributed by atoms with Gasteiger partial charge < -0.3 is 15.0 Å². The fourth-order valence-corrected chi connectivity index (χ4v) is 4.64. The molecule has 2 aromatic rings. The van der Waals surface area contributed by atoms with Crippen molar-refractivity contribution in [3.63, 3.8) is 0 Å². The summed E-state index contributed by atoms with van der Waals surface area (Å²) < 4.78 is 31.0. The van der Waals surface area contributed by atoms with E-state index in [1.165, 1.54) is 4.90 Å². The summed E-state index contributed by atoms with van der Waals surface area (Å²) in [5, 5.41) is 2.89. The molecule has 1 aliphatic heterocycles. The Hall–Kier alpha value is -2.91. The van der Waals surface area contributed by atoms with Crippen molar-refractivity contribution < 1.29 is 22.7 Å². The average Bonchev–Trinajstić information content (AvgIpc) is 2.76. The highest BCUT2D eigenvalue weighted by Crippen LogP contribution is 2.27. The lowest BCUT2D eigenvalue weighted by Gasteiger charge is -2.46. The van der Waals surface area contributed by atoms with Gasteiger partial charge in [0.15, 0.2) is 0 Å². The molecule has 0 saturated carbocycles. The summed E-state index contributed by atoms with van der Waals surface area (Å²) in [6.45, 7) is 6.08. The predicted molar refractivity (Wildman–Crippen MR) is 126 cm³/mol. The number of hydrogen-bond acceptors (Lipinski definition) is 5. The first-order valence-electron chi connectivity index (χ1n) is 10.8. The second kappa shape index (κ2) is 9.93. The zero-order valence-corrected chi connectivity index (χ0v) is 20.3. The van der Waals surface area contributed by atoms with Gasteiger partial charge in [-0.1, -0.05) is 42.0 Å². The van der Waals surface area contributed by atoms with E-state index in [1.807, 2.05) is 62.4 Å². The van der Waals surface area contributed by atoms with Crippen LogP contribution in [0.2, 0.25) is 0 Å². The van der Waals surface area contributed by atoms with Crippen molar-refractivity contribution in [3.8, 4) is 5.75 Å². The molecule has 178 valence electrons. The third kappa shape index (κ3) is 5.91. The first kappa shape index (κ1) is 24.7. The molecule has 1 saturated heterocycles. The van der Waals surface area contributed by atoms with Crippen LogP contribution in [0.25, 0.3) is 0 Å². The molecule has 3 rings (SSSR count). The SMILES string of the molecule is CCOc1ccc(CN2C(=O)CN(S(C)(=O)=O)CC2(C)C(=O)NCc2ccc(C)cc2)cc1. The number of hydrogen-bond donors (Lipinski definition) is 1. The first-order chi connectivity index (χ1) is 15.5. The summed E-state index contributed by atoms with van der Waals surface area (Å²) in [4.78, 5) is 27.9. The molecule has 2 aromatic carbocycles. The second-order valence-electron chi connectivity index (χ2n) is 8.53. The summed E-state index contributed by atoms with van der Waals surface area (Å²) in [7, 11) is -3.65. The Morgan fingerprint density at radius 3 is 2.27 bits per heavy atom. The third-order valence-corrected chi connectivity index (χ3v) is 7.00. The Bertz CT molecular complexity index is 1100. The number of benzene rings is 2. The van der Waals surface area contributed by atoms with Crippen molar-refractivity contribution >= 4 is 21.8 Å². The smallest absolute Gasteiger partial charge is 0.247 e. The van der Waals surface area contributed by atoms with Crippen LogP contribution >= 0.6 is 0 Å². The predicted octanol–water partition coefficient (Wildman–Crippen LogP) is 2.07. The molecule has 0 aromatic heterocycles. The van der Waals surface area contributed by atoms with Crippen LogP contribution in [0.4, 0.5) is 0 Å². The van der Waals surface area contributed by atoms with Crippen molar-refractivity contribution in [1.29, 1.82) is 0 Å². The van der Waals surface area contributed by atoms with Gasteiger partial charge in [0.05, 0.1) is 19.4 Å². The Labute approximate surface area is 195 Å². The summed E-state index contributed by atoms with van der Waals surface area (Å²) in [5.41, 5.74) is 1.47. The van der Waals surface area contributed by atoms with Crippen LogP contribution in [0.1, 0.15) is 30.5 Å². The fraction of sp³-hybridized carbons (Fsp3) is 0.417. The van der Waals surface area contributed by atoms with Crippen molar-refractivity contribution in [2.75, 3.05) is 26.0 Å². The Morgan fingerprint density at radius 2 is 1.70 bits per heavy atom. The number of ether oxygens (including phenoxy) is 1. The maximum Gasteiger partial charge on any atom is 0.247 e. The van der Waals surface area contributed by atoms with Gasteiger partial charge >= 0.3 is 0 Å². The molecule has 0 spiro atoms. The summed E-state index contributed by atoms with van der Waals surface area (Å²) in [5.74, 6) is -0.114. The van der Waals surface area contributed by atoms with Crippen LogP contribution in [0.5, 0.6) is 5.75 Å². The van der Waals surface area contributed by atoms with Crippen molar-refractivity contribution in [2.45, 2.75) is 39.4 Å². The largest absolute Gasteiger partial charge is 0.494 e. The van der Waals surface area contributed by atoms with Crippen molar-refractivity contribution in [3.05, 3.63) is 65.2 Å². The molecule has 0 bridgehead atoms. The van der Waals surface area contributed by atoms with E-state index < -0.39 is 27.4 Å². The second-order valence-corrected chi connectivity index (χ2v) is 10.5. The average molecular weight is 474 g/mol. The van der Waals surface area contributed by atoms with E-state index in [0.717, 1.165) is 27.3 Å². The minimum Gasteiger partial charge on any atom is -0.494 e.